The zero-order valence-electron chi connectivity index (χ0n) is 18.3. The number of nitrogens with zero attached hydrogens (tertiary/aromatic N) is 2. The Labute approximate surface area is 167 Å². The van der Waals surface area contributed by atoms with Crippen LogP contribution in [0.4, 0.5) is 0 Å². The summed E-state index contributed by atoms with van der Waals surface area (Å²) in [6, 6.07) is 1.16. The van der Waals surface area contributed by atoms with Crippen LogP contribution in [0, 0.1) is 17.8 Å². The van der Waals surface area contributed by atoms with E-state index in [9.17, 15) is 4.79 Å². The molecule has 0 aromatic carbocycles. The lowest BCUT2D eigenvalue weighted by molar-refractivity contribution is -0.141. The molecular weight excluding hydrogens is 334 g/mol. The van der Waals surface area contributed by atoms with E-state index in [1.165, 1.54) is 51.4 Å². The molecule has 0 spiro atoms. The first-order chi connectivity index (χ1) is 13.1. The molecule has 4 atom stereocenters. The average molecular weight is 378 g/mol. The molecule has 2 heterocycles. The SMILES string of the molecule is CCC1CC(CC)C(N(C)C(=O)C2CCCN2CC2CCCN2)C(CC)C1. The van der Waals surface area contributed by atoms with Crippen LogP contribution in [0.3, 0.4) is 0 Å². The second-order valence-electron chi connectivity index (χ2n) is 9.47. The number of hydrogen-bond donors (Lipinski definition) is 1. The number of hydrogen-bond acceptors (Lipinski definition) is 3. The Kier molecular flexibility index (Phi) is 7.61. The molecule has 1 saturated carbocycles. The lowest BCUT2D eigenvalue weighted by atomic mass is 9.68. The monoisotopic (exact) mass is 377 g/mol. The second-order valence-corrected chi connectivity index (χ2v) is 9.47. The minimum atomic E-state index is 0.122. The quantitative estimate of drug-likeness (QED) is 0.731. The fourth-order valence-corrected chi connectivity index (χ4v) is 6.30. The first-order valence-corrected chi connectivity index (χ1v) is 11.8. The summed E-state index contributed by atoms with van der Waals surface area (Å²) in [7, 11) is 2.12. The van der Waals surface area contributed by atoms with Crippen molar-refractivity contribution >= 4 is 5.91 Å². The number of likely N-dealkylation sites (N-methyl/N-ethyl adjacent to an activating group) is 1. The number of rotatable bonds is 7. The van der Waals surface area contributed by atoms with E-state index >= 15 is 0 Å². The van der Waals surface area contributed by atoms with Crippen LogP contribution in [-0.2, 0) is 4.79 Å². The Morgan fingerprint density at radius 2 is 1.74 bits per heavy atom. The molecule has 4 heteroatoms. The van der Waals surface area contributed by atoms with E-state index in [1.54, 1.807) is 0 Å². The third-order valence-corrected chi connectivity index (χ3v) is 7.93. The molecule has 4 nitrogen and oxygen atoms in total. The topological polar surface area (TPSA) is 35.6 Å². The van der Waals surface area contributed by atoms with Crippen molar-refractivity contribution in [3.05, 3.63) is 0 Å². The molecule has 0 aromatic heterocycles. The summed E-state index contributed by atoms with van der Waals surface area (Å²) in [5.74, 6) is 2.61. The first-order valence-electron chi connectivity index (χ1n) is 11.8. The molecule has 1 N–H and O–H groups in total. The maximum Gasteiger partial charge on any atom is 0.239 e. The molecule has 1 amide bonds. The van der Waals surface area contributed by atoms with Crippen molar-refractivity contribution < 1.29 is 4.79 Å². The highest BCUT2D eigenvalue weighted by Gasteiger charge is 2.42. The van der Waals surface area contributed by atoms with Gasteiger partial charge in [0, 0.05) is 25.7 Å². The van der Waals surface area contributed by atoms with Crippen molar-refractivity contribution in [2.75, 3.05) is 26.7 Å². The summed E-state index contributed by atoms with van der Waals surface area (Å²) in [6.07, 6.45) is 11.1. The Morgan fingerprint density at radius 3 is 2.30 bits per heavy atom. The Bertz CT molecular complexity index is 462. The van der Waals surface area contributed by atoms with Gasteiger partial charge in [-0.2, -0.15) is 0 Å². The highest BCUT2D eigenvalue weighted by molar-refractivity contribution is 5.82. The maximum absolute atomic E-state index is 13.6. The summed E-state index contributed by atoms with van der Waals surface area (Å²) in [5, 5.41) is 3.61. The van der Waals surface area contributed by atoms with Gasteiger partial charge in [0.25, 0.3) is 0 Å². The molecule has 2 saturated heterocycles. The largest absolute Gasteiger partial charge is 0.341 e. The molecule has 4 unspecified atom stereocenters. The summed E-state index contributed by atoms with van der Waals surface area (Å²) in [4.78, 5) is 18.3. The molecule has 3 rings (SSSR count). The molecular formula is C23H43N3O. The molecule has 0 aromatic rings. The predicted molar refractivity (Wildman–Crippen MR) is 113 cm³/mol. The van der Waals surface area contributed by atoms with E-state index in [-0.39, 0.29) is 6.04 Å². The number of amides is 1. The molecule has 1 aliphatic carbocycles. The van der Waals surface area contributed by atoms with Gasteiger partial charge in [-0.1, -0.05) is 40.0 Å². The Morgan fingerprint density at radius 1 is 1.04 bits per heavy atom. The van der Waals surface area contributed by atoms with Gasteiger partial charge in [-0.15, -0.1) is 0 Å². The van der Waals surface area contributed by atoms with Gasteiger partial charge in [-0.3, -0.25) is 9.69 Å². The zero-order chi connectivity index (χ0) is 19.4. The minimum absolute atomic E-state index is 0.122. The van der Waals surface area contributed by atoms with Gasteiger partial charge in [0.1, 0.15) is 0 Å². The molecule has 3 aliphatic rings. The maximum atomic E-state index is 13.6. The van der Waals surface area contributed by atoms with Crippen molar-refractivity contribution in [3.63, 3.8) is 0 Å². The van der Waals surface area contributed by atoms with Gasteiger partial charge in [0.15, 0.2) is 0 Å². The summed E-state index contributed by atoms with van der Waals surface area (Å²) < 4.78 is 0. The van der Waals surface area contributed by atoms with Gasteiger partial charge in [0.2, 0.25) is 5.91 Å². The molecule has 2 aliphatic heterocycles. The molecule has 3 fully saturated rings. The van der Waals surface area contributed by atoms with Crippen LogP contribution >= 0.6 is 0 Å². The highest BCUT2D eigenvalue weighted by Crippen LogP contribution is 2.41. The van der Waals surface area contributed by atoms with Crippen LogP contribution in [0.5, 0.6) is 0 Å². The smallest absolute Gasteiger partial charge is 0.239 e. The highest BCUT2D eigenvalue weighted by atomic mass is 16.2. The van der Waals surface area contributed by atoms with E-state index in [4.69, 9.17) is 0 Å². The van der Waals surface area contributed by atoms with E-state index in [2.05, 4.69) is 42.9 Å². The first kappa shape index (κ1) is 21.1. The van der Waals surface area contributed by atoms with Gasteiger partial charge >= 0.3 is 0 Å². The summed E-state index contributed by atoms with van der Waals surface area (Å²) in [5.41, 5.74) is 0. The third kappa shape index (κ3) is 4.70. The van der Waals surface area contributed by atoms with Crippen LogP contribution < -0.4 is 5.32 Å². The fourth-order valence-electron chi connectivity index (χ4n) is 6.30. The van der Waals surface area contributed by atoms with Crippen molar-refractivity contribution in [1.82, 2.24) is 15.1 Å². The number of carbonyl (C=O) groups excluding carboxylic acids is 1. The van der Waals surface area contributed by atoms with Gasteiger partial charge in [-0.05, 0) is 69.4 Å². The summed E-state index contributed by atoms with van der Waals surface area (Å²) >= 11 is 0. The fraction of sp³-hybridized carbons (Fsp3) is 0.957. The molecule has 156 valence electrons. The van der Waals surface area contributed by atoms with E-state index in [0.717, 1.165) is 32.0 Å². The number of likely N-dealkylation sites (tertiary alicyclic amines) is 1. The van der Waals surface area contributed by atoms with Crippen LogP contribution in [0.2, 0.25) is 0 Å². The summed E-state index contributed by atoms with van der Waals surface area (Å²) in [6.45, 7) is 10.3. The van der Waals surface area contributed by atoms with Gasteiger partial charge in [-0.25, -0.2) is 0 Å². The number of carbonyl (C=O) groups is 1. The second kappa shape index (κ2) is 9.73. The van der Waals surface area contributed by atoms with Crippen molar-refractivity contribution in [1.29, 1.82) is 0 Å². The van der Waals surface area contributed by atoms with Crippen molar-refractivity contribution in [2.24, 2.45) is 17.8 Å². The van der Waals surface area contributed by atoms with Crippen LogP contribution in [0.15, 0.2) is 0 Å². The molecule has 0 bridgehead atoms. The normalized spacial score (nSPS) is 37.6. The van der Waals surface area contributed by atoms with Crippen molar-refractivity contribution in [2.45, 2.75) is 96.7 Å². The van der Waals surface area contributed by atoms with Gasteiger partial charge in [0.05, 0.1) is 6.04 Å². The predicted octanol–water partition coefficient (Wildman–Crippen LogP) is 3.90. The lowest BCUT2D eigenvalue weighted by Gasteiger charge is -2.47. The third-order valence-electron chi connectivity index (χ3n) is 7.93. The molecule has 27 heavy (non-hydrogen) atoms. The number of nitrogens with one attached hydrogen (secondary N) is 1. The zero-order valence-corrected chi connectivity index (χ0v) is 18.3. The van der Waals surface area contributed by atoms with Crippen molar-refractivity contribution in [3.8, 4) is 0 Å². The lowest BCUT2D eigenvalue weighted by Crippen LogP contribution is -2.55. The van der Waals surface area contributed by atoms with Gasteiger partial charge < -0.3 is 10.2 Å². The Hall–Kier alpha value is -0.610. The van der Waals surface area contributed by atoms with Crippen LogP contribution in [0.1, 0.15) is 78.6 Å². The van der Waals surface area contributed by atoms with Crippen LogP contribution in [0.25, 0.3) is 0 Å². The van der Waals surface area contributed by atoms with E-state index < -0.39 is 0 Å². The van der Waals surface area contributed by atoms with E-state index in [0.29, 0.717) is 29.8 Å². The Balaban J connectivity index is 1.68. The molecule has 0 radical (unpaired) electrons. The average Bonchev–Trinajstić information content (AvgIpc) is 3.38. The van der Waals surface area contributed by atoms with Crippen LogP contribution in [-0.4, -0.2) is 60.5 Å². The standard InChI is InChI=1S/C23H43N3O/c1-5-17-14-18(6-2)22(19(7-3)15-17)25(4)23(27)21-11-9-13-26(21)16-20-10-8-12-24-20/h17-22,24H,5-16H2,1-4H3. The minimum Gasteiger partial charge on any atom is -0.341 e. The van der Waals surface area contributed by atoms with E-state index in [1.807, 2.05) is 0 Å².